The van der Waals surface area contributed by atoms with E-state index in [1.807, 2.05) is 5.92 Å². The minimum atomic E-state index is -2.69. The Bertz CT molecular complexity index is 261. The maximum Gasteiger partial charge on any atom is 0.299 e. The van der Waals surface area contributed by atoms with Crippen LogP contribution < -0.4 is 0 Å². The number of alkyl halides is 2. The molecule has 0 N–H and O–H groups in total. The number of halogens is 2. The molecule has 0 spiro atoms. The SMILES string of the molecule is C#Cc1cnoc1C(F)F. The molecule has 4 heteroatoms. The molecule has 1 aromatic heterocycles. The fourth-order valence-electron chi connectivity index (χ4n) is 0.514. The van der Waals surface area contributed by atoms with E-state index in [9.17, 15) is 8.78 Å². The number of nitrogens with zero attached hydrogens (tertiary/aromatic N) is 1. The van der Waals surface area contributed by atoms with E-state index < -0.39 is 12.2 Å². The van der Waals surface area contributed by atoms with E-state index in [0.717, 1.165) is 6.20 Å². The van der Waals surface area contributed by atoms with Crippen LogP contribution in [0.25, 0.3) is 0 Å². The summed E-state index contributed by atoms with van der Waals surface area (Å²) < 4.78 is 27.8. The lowest BCUT2D eigenvalue weighted by Crippen LogP contribution is -1.82. The Labute approximate surface area is 55.8 Å². The van der Waals surface area contributed by atoms with Gasteiger partial charge < -0.3 is 4.52 Å². The van der Waals surface area contributed by atoms with Crippen molar-refractivity contribution in [2.75, 3.05) is 0 Å². The Morgan fingerprint density at radius 2 is 2.40 bits per heavy atom. The molecule has 0 aliphatic rings. The molecule has 0 aromatic carbocycles. The summed E-state index contributed by atoms with van der Waals surface area (Å²) >= 11 is 0. The molecule has 0 aliphatic heterocycles. The molecule has 0 amide bonds. The topological polar surface area (TPSA) is 26.0 Å². The maximum absolute atomic E-state index is 11.8. The van der Waals surface area contributed by atoms with E-state index in [0.29, 0.717) is 0 Å². The van der Waals surface area contributed by atoms with Crippen molar-refractivity contribution in [3.05, 3.63) is 17.5 Å². The molecule has 0 radical (unpaired) electrons. The van der Waals surface area contributed by atoms with Crippen molar-refractivity contribution < 1.29 is 13.3 Å². The van der Waals surface area contributed by atoms with Gasteiger partial charge in [0.25, 0.3) is 6.43 Å². The van der Waals surface area contributed by atoms with E-state index in [1.54, 1.807) is 0 Å². The summed E-state index contributed by atoms with van der Waals surface area (Å²) in [5.41, 5.74) is 0.00926. The van der Waals surface area contributed by atoms with Crippen molar-refractivity contribution in [1.82, 2.24) is 5.16 Å². The summed E-state index contributed by atoms with van der Waals surface area (Å²) in [6.45, 7) is 0. The minimum Gasteiger partial charge on any atom is -0.354 e. The summed E-state index contributed by atoms with van der Waals surface area (Å²) in [6.07, 6.45) is 3.25. The van der Waals surface area contributed by atoms with Gasteiger partial charge in [-0.05, 0) is 0 Å². The van der Waals surface area contributed by atoms with Crippen LogP contribution in [0.15, 0.2) is 10.7 Å². The second-order valence-electron chi connectivity index (χ2n) is 1.55. The van der Waals surface area contributed by atoms with E-state index in [2.05, 4.69) is 9.68 Å². The highest BCUT2D eigenvalue weighted by atomic mass is 19.3. The zero-order valence-electron chi connectivity index (χ0n) is 4.84. The lowest BCUT2D eigenvalue weighted by molar-refractivity contribution is 0.112. The van der Waals surface area contributed by atoms with Gasteiger partial charge in [-0.3, -0.25) is 0 Å². The van der Waals surface area contributed by atoms with Crippen LogP contribution in [0.1, 0.15) is 17.7 Å². The van der Waals surface area contributed by atoms with E-state index >= 15 is 0 Å². The first-order valence-corrected chi connectivity index (χ1v) is 2.45. The van der Waals surface area contributed by atoms with Gasteiger partial charge in [-0.2, -0.15) is 0 Å². The Hall–Kier alpha value is -1.37. The Balaban J connectivity index is 3.05. The lowest BCUT2D eigenvalue weighted by atomic mass is 10.3. The molecular formula is C6H3F2NO. The second-order valence-corrected chi connectivity index (χ2v) is 1.55. The van der Waals surface area contributed by atoms with Crippen molar-refractivity contribution in [3.63, 3.8) is 0 Å². The summed E-state index contributed by atoms with van der Waals surface area (Å²) in [5.74, 6) is 1.48. The third kappa shape index (κ3) is 0.982. The third-order valence-electron chi connectivity index (χ3n) is 0.952. The highest BCUT2D eigenvalue weighted by molar-refractivity contribution is 5.32. The molecular weight excluding hydrogens is 140 g/mol. The summed E-state index contributed by atoms with van der Waals surface area (Å²) in [6, 6.07) is 0. The molecule has 2 nitrogen and oxygen atoms in total. The van der Waals surface area contributed by atoms with Crippen LogP contribution in [0.5, 0.6) is 0 Å². The number of hydrogen-bond donors (Lipinski definition) is 0. The van der Waals surface area contributed by atoms with Gasteiger partial charge in [0.15, 0.2) is 0 Å². The fraction of sp³-hybridized carbons (Fsp3) is 0.167. The monoisotopic (exact) mass is 143 g/mol. The minimum absolute atomic E-state index is 0.00926. The number of aromatic nitrogens is 1. The van der Waals surface area contributed by atoms with Crippen molar-refractivity contribution in [1.29, 1.82) is 0 Å². The van der Waals surface area contributed by atoms with Crippen LogP contribution in [0.2, 0.25) is 0 Å². The van der Waals surface area contributed by atoms with Gasteiger partial charge in [-0.25, -0.2) is 8.78 Å². The van der Waals surface area contributed by atoms with E-state index in [4.69, 9.17) is 6.42 Å². The fourth-order valence-corrected chi connectivity index (χ4v) is 0.514. The summed E-state index contributed by atoms with van der Waals surface area (Å²) in [4.78, 5) is 0. The normalized spacial score (nSPS) is 9.80. The summed E-state index contributed by atoms with van der Waals surface area (Å²) in [5, 5.41) is 3.12. The molecule has 0 saturated heterocycles. The molecule has 52 valence electrons. The van der Waals surface area contributed by atoms with Gasteiger partial charge in [0.2, 0.25) is 5.76 Å². The zero-order valence-corrected chi connectivity index (χ0v) is 4.84. The van der Waals surface area contributed by atoms with Crippen molar-refractivity contribution in [2.24, 2.45) is 0 Å². The molecule has 0 saturated carbocycles. The van der Waals surface area contributed by atoms with Gasteiger partial charge in [0.05, 0.1) is 11.8 Å². The molecule has 0 atom stereocenters. The van der Waals surface area contributed by atoms with E-state index in [1.165, 1.54) is 0 Å². The maximum atomic E-state index is 11.8. The predicted octanol–water partition coefficient (Wildman–Crippen LogP) is 1.59. The van der Waals surface area contributed by atoms with Crippen LogP contribution in [-0.2, 0) is 0 Å². The van der Waals surface area contributed by atoms with Crippen LogP contribution >= 0.6 is 0 Å². The first-order valence-electron chi connectivity index (χ1n) is 2.45. The Morgan fingerprint density at radius 1 is 1.70 bits per heavy atom. The average Bonchev–Trinajstić information content (AvgIpc) is 2.33. The first kappa shape index (κ1) is 6.75. The van der Waals surface area contributed by atoms with Crippen LogP contribution in [0.4, 0.5) is 8.78 Å². The van der Waals surface area contributed by atoms with Gasteiger partial charge >= 0.3 is 0 Å². The highest BCUT2D eigenvalue weighted by Gasteiger charge is 2.16. The number of hydrogen-bond acceptors (Lipinski definition) is 2. The van der Waals surface area contributed by atoms with Crippen molar-refractivity contribution in [3.8, 4) is 12.3 Å². The average molecular weight is 143 g/mol. The number of rotatable bonds is 1. The Morgan fingerprint density at radius 3 is 2.80 bits per heavy atom. The Kier molecular flexibility index (Phi) is 1.67. The van der Waals surface area contributed by atoms with E-state index in [-0.39, 0.29) is 5.56 Å². The standard InChI is InChI=1S/C6H3F2NO/c1-2-4-3-9-10-5(4)6(7)8/h1,3,6H. The van der Waals surface area contributed by atoms with Crippen LogP contribution in [0.3, 0.4) is 0 Å². The van der Waals surface area contributed by atoms with Crippen molar-refractivity contribution in [2.45, 2.75) is 6.43 Å². The van der Waals surface area contributed by atoms with Crippen molar-refractivity contribution >= 4 is 0 Å². The predicted molar refractivity (Wildman–Crippen MR) is 29.4 cm³/mol. The molecule has 1 rings (SSSR count). The lowest BCUT2D eigenvalue weighted by Gasteiger charge is -1.89. The molecule has 1 aromatic rings. The van der Waals surface area contributed by atoms with Gasteiger partial charge in [0, 0.05) is 0 Å². The molecule has 1 heterocycles. The highest BCUT2D eigenvalue weighted by Crippen LogP contribution is 2.21. The first-order chi connectivity index (χ1) is 4.75. The zero-order chi connectivity index (χ0) is 7.56. The molecule has 0 fully saturated rings. The molecule has 10 heavy (non-hydrogen) atoms. The smallest absolute Gasteiger partial charge is 0.299 e. The van der Waals surface area contributed by atoms with Crippen LogP contribution in [0, 0.1) is 12.3 Å². The quantitative estimate of drug-likeness (QED) is 0.558. The summed E-state index contributed by atoms with van der Waals surface area (Å²) in [7, 11) is 0. The second kappa shape index (κ2) is 2.48. The largest absolute Gasteiger partial charge is 0.354 e. The molecule has 0 bridgehead atoms. The molecule has 0 aliphatic carbocycles. The van der Waals surface area contributed by atoms with Gasteiger partial charge in [0.1, 0.15) is 0 Å². The van der Waals surface area contributed by atoms with Crippen LogP contribution in [-0.4, -0.2) is 5.16 Å². The van der Waals surface area contributed by atoms with Gasteiger partial charge in [-0.1, -0.05) is 11.1 Å². The number of terminal acetylenes is 1. The molecule has 0 unspecified atom stereocenters. The third-order valence-corrected chi connectivity index (χ3v) is 0.952. The van der Waals surface area contributed by atoms with Gasteiger partial charge in [-0.15, -0.1) is 6.42 Å².